The Kier molecular flexibility index (Phi) is 8.71. The largest absolute Gasteiger partial charge is 0.497 e. The number of rotatable bonds is 8. The fourth-order valence-electron chi connectivity index (χ4n) is 1.74. The summed E-state index contributed by atoms with van der Waals surface area (Å²) < 4.78 is 5.23. The maximum Gasteiger partial charge on any atom is 0.191 e. The minimum Gasteiger partial charge on any atom is -0.497 e. The molecule has 20 heavy (non-hydrogen) atoms. The maximum absolute atomic E-state index is 5.23. The summed E-state index contributed by atoms with van der Waals surface area (Å²) in [7, 11) is 1.69. The molecule has 1 aromatic carbocycles. The van der Waals surface area contributed by atoms with E-state index in [0.717, 1.165) is 43.5 Å². The first-order valence-corrected chi connectivity index (χ1v) is 8.33. The van der Waals surface area contributed by atoms with Crippen LogP contribution in [0.15, 0.2) is 29.3 Å². The first-order chi connectivity index (χ1) is 9.80. The van der Waals surface area contributed by atoms with Gasteiger partial charge in [-0.1, -0.05) is 12.1 Å². The van der Waals surface area contributed by atoms with Crippen LogP contribution in [0, 0.1) is 0 Å². The zero-order valence-corrected chi connectivity index (χ0v) is 13.4. The van der Waals surface area contributed by atoms with Crippen molar-refractivity contribution in [2.45, 2.75) is 13.3 Å². The minimum atomic E-state index is 0.843. The Morgan fingerprint density at radius 2 is 2.20 bits per heavy atom. The van der Waals surface area contributed by atoms with Gasteiger partial charge in [0, 0.05) is 18.8 Å². The molecule has 112 valence electrons. The number of hydrogen-bond donors (Lipinski definition) is 2. The average Bonchev–Trinajstić information content (AvgIpc) is 2.48. The Morgan fingerprint density at radius 3 is 2.90 bits per heavy atom. The van der Waals surface area contributed by atoms with E-state index in [9.17, 15) is 0 Å². The van der Waals surface area contributed by atoms with Gasteiger partial charge in [-0.15, -0.1) is 0 Å². The maximum atomic E-state index is 5.23. The summed E-state index contributed by atoms with van der Waals surface area (Å²) in [6.45, 7) is 4.66. The van der Waals surface area contributed by atoms with E-state index in [4.69, 9.17) is 4.74 Å². The second-order valence-corrected chi connectivity index (χ2v) is 5.27. The molecule has 0 aromatic heterocycles. The monoisotopic (exact) mass is 295 g/mol. The summed E-state index contributed by atoms with van der Waals surface area (Å²) in [4.78, 5) is 4.52. The second kappa shape index (κ2) is 10.4. The molecule has 0 aliphatic heterocycles. The fraction of sp³-hybridized carbons (Fsp3) is 0.533. The van der Waals surface area contributed by atoms with Crippen molar-refractivity contribution in [3.05, 3.63) is 29.8 Å². The molecule has 0 aliphatic rings. The SMILES string of the molecule is CCNC(=NCCSC)NCCc1cccc(OC)c1. The molecule has 0 saturated heterocycles. The lowest BCUT2D eigenvalue weighted by Crippen LogP contribution is -2.38. The number of hydrogen-bond acceptors (Lipinski definition) is 3. The van der Waals surface area contributed by atoms with Crippen LogP contribution in [0.1, 0.15) is 12.5 Å². The summed E-state index contributed by atoms with van der Waals surface area (Å²) in [6, 6.07) is 8.16. The van der Waals surface area contributed by atoms with E-state index in [0.29, 0.717) is 0 Å². The molecule has 0 aliphatic carbocycles. The lowest BCUT2D eigenvalue weighted by Gasteiger charge is -2.11. The van der Waals surface area contributed by atoms with Crippen molar-refractivity contribution in [3.8, 4) is 5.75 Å². The number of thioether (sulfide) groups is 1. The zero-order chi connectivity index (χ0) is 14.6. The summed E-state index contributed by atoms with van der Waals surface area (Å²) >= 11 is 1.81. The number of nitrogens with zero attached hydrogens (tertiary/aromatic N) is 1. The van der Waals surface area contributed by atoms with E-state index >= 15 is 0 Å². The van der Waals surface area contributed by atoms with E-state index < -0.39 is 0 Å². The van der Waals surface area contributed by atoms with E-state index in [1.165, 1.54) is 5.56 Å². The normalized spacial score (nSPS) is 11.2. The van der Waals surface area contributed by atoms with Crippen LogP contribution in [-0.4, -0.2) is 44.7 Å². The van der Waals surface area contributed by atoms with Gasteiger partial charge < -0.3 is 15.4 Å². The van der Waals surface area contributed by atoms with Crippen LogP contribution in [0.3, 0.4) is 0 Å². The van der Waals surface area contributed by atoms with Gasteiger partial charge in [-0.3, -0.25) is 4.99 Å². The Morgan fingerprint density at radius 1 is 1.35 bits per heavy atom. The molecule has 0 fully saturated rings. The van der Waals surface area contributed by atoms with Gasteiger partial charge in [0.2, 0.25) is 0 Å². The summed E-state index contributed by atoms with van der Waals surface area (Å²) in [5, 5.41) is 6.61. The molecule has 0 radical (unpaired) electrons. The van der Waals surface area contributed by atoms with Crippen molar-refractivity contribution < 1.29 is 4.74 Å². The quantitative estimate of drug-likeness (QED) is 0.438. The number of methoxy groups -OCH3 is 1. The van der Waals surface area contributed by atoms with Gasteiger partial charge >= 0.3 is 0 Å². The number of aliphatic imine (C=N–C) groups is 1. The molecule has 0 spiro atoms. The Labute approximate surface area is 126 Å². The molecule has 0 amide bonds. The third kappa shape index (κ3) is 6.70. The topological polar surface area (TPSA) is 45.7 Å². The Hall–Kier alpha value is -1.36. The number of ether oxygens (including phenoxy) is 1. The van der Waals surface area contributed by atoms with E-state index in [-0.39, 0.29) is 0 Å². The first kappa shape index (κ1) is 16.7. The summed E-state index contributed by atoms with van der Waals surface area (Å²) in [5.41, 5.74) is 1.26. The number of nitrogens with one attached hydrogen (secondary N) is 2. The standard InChI is InChI=1S/C15H25N3OS/c1-4-16-15(18-10-11-20-3)17-9-8-13-6-5-7-14(12-13)19-2/h5-7,12H,4,8-11H2,1-3H3,(H2,16,17,18). The Balaban J connectivity index is 2.40. The van der Waals surface area contributed by atoms with Crippen LogP contribution in [0.5, 0.6) is 5.75 Å². The van der Waals surface area contributed by atoms with Crippen LogP contribution in [0.25, 0.3) is 0 Å². The van der Waals surface area contributed by atoms with Gasteiger partial charge in [0.05, 0.1) is 13.7 Å². The predicted octanol–water partition coefficient (Wildman–Crippen LogP) is 2.16. The van der Waals surface area contributed by atoms with Crippen molar-refractivity contribution >= 4 is 17.7 Å². The van der Waals surface area contributed by atoms with Gasteiger partial charge in [0.1, 0.15) is 5.75 Å². The third-order valence-electron chi connectivity index (χ3n) is 2.75. The van der Waals surface area contributed by atoms with Gasteiger partial charge in [0.15, 0.2) is 5.96 Å². The van der Waals surface area contributed by atoms with Crippen molar-refractivity contribution in [2.75, 3.05) is 38.8 Å². The molecule has 0 atom stereocenters. The summed E-state index contributed by atoms with van der Waals surface area (Å²) in [5.74, 6) is 2.85. The van der Waals surface area contributed by atoms with Gasteiger partial charge in [-0.05, 0) is 37.3 Å². The molecule has 1 rings (SSSR count). The second-order valence-electron chi connectivity index (χ2n) is 4.28. The van der Waals surface area contributed by atoms with Gasteiger partial charge in [-0.25, -0.2) is 0 Å². The van der Waals surface area contributed by atoms with Crippen LogP contribution in [0.2, 0.25) is 0 Å². The first-order valence-electron chi connectivity index (χ1n) is 6.94. The van der Waals surface area contributed by atoms with E-state index in [2.05, 4.69) is 40.9 Å². The van der Waals surface area contributed by atoms with E-state index in [1.807, 2.05) is 23.9 Å². The smallest absolute Gasteiger partial charge is 0.191 e. The molecule has 0 unspecified atom stereocenters. The minimum absolute atomic E-state index is 0.843. The molecule has 0 bridgehead atoms. The number of benzene rings is 1. The number of guanidine groups is 1. The zero-order valence-electron chi connectivity index (χ0n) is 12.6. The lowest BCUT2D eigenvalue weighted by molar-refractivity contribution is 0.414. The third-order valence-corrected chi connectivity index (χ3v) is 3.34. The van der Waals surface area contributed by atoms with Crippen LogP contribution < -0.4 is 15.4 Å². The molecule has 1 aromatic rings. The molecule has 4 nitrogen and oxygen atoms in total. The van der Waals surface area contributed by atoms with Crippen molar-refractivity contribution in [1.29, 1.82) is 0 Å². The van der Waals surface area contributed by atoms with E-state index in [1.54, 1.807) is 7.11 Å². The predicted molar refractivity (Wildman–Crippen MR) is 89.1 cm³/mol. The van der Waals surface area contributed by atoms with Crippen LogP contribution in [0.4, 0.5) is 0 Å². The van der Waals surface area contributed by atoms with Crippen LogP contribution in [-0.2, 0) is 6.42 Å². The molecule has 0 heterocycles. The Bertz CT molecular complexity index is 410. The molecular formula is C15H25N3OS. The van der Waals surface area contributed by atoms with Gasteiger partial charge in [0.25, 0.3) is 0 Å². The van der Waals surface area contributed by atoms with Crippen molar-refractivity contribution in [1.82, 2.24) is 10.6 Å². The van der Waals surface area contributed by atoms with Crippen molar-refractivity contribution in [3.63, 3.8) is 0 Å². The molecule has 2 N–H and O–H groups in total. The van der Waals surface area contributed by atoms with Crippen molar-refractivity contribution in [2.24, 2.45) is 4.99 Å². The highest BCUT2D eigenvalue weighted by Gasteiger charge is 1.99. The summed E-state index contributed by atoms with van der Waals surface area (Å²) in [6.07, 6.45) is 3.04. The van der Waals surface area contributed by atoms with Crippen LogP contribution >= 0.6 is 11.8 Å². The highest BCUT2D eigenvalue weighted by Crippen LogP contribution is 2.12. The highest BCUT2D eigenvalue weighted by molar-refractivity contribution is 7.98. The molecule has 5 heteroatoms. The average molecular weight is 295 g/mol. The lowest BCUT2D eigenvalue weighted by atomic mass is 10.1. The van der Waals surface area contributed by atoms with Gasteiger partial charge in [-0.2, -0.15) is 11.8 Å². The highest BCUT2D eigenvalue weighted by atomic mass is 32.2. The molecular weight excluding hydrogens is 270 g/mol. The fourth-order valence-corrected chi connectivity index (χ4v) is 2.02. The molecule has 0 saturated carbocycles.